The van der Waals surface area contributed by atoms with E-state index in [2.05, 4.69) is 24.1 Å². The lowest BCUT2D eigenvalue weighted by Gasteiger charge is -2.38. The predicted molar refractivity (Wildman–Crippen MR) is 84.8 cm³/mol. The first kappa shape index (κ1) is 16.2. The standard InChI is InChI=1S/C15H25N3O2S/c1-15(2)9-7-12(8-10-15)18(4)21(19,20)13-5-6-14(16-3)17-11-13/h5-6,11-12H,7-10H2,1-4H3,(H,16,17). The maximum atomic E-state index is 12.7. The number of hydrogen-bond donors (Lipinski definition) is 1. The van der Waals surface area contributed by atoms with E-state index in [0.717, 1.165) is 25.7 Å². The zero-order chi connectivity index (χ0) is 15.7. The number of hydrogen-bond acceptors (Lipinski definition) is 4. The summed E-state index contributed by atoms with van der Waals surface area (Å²) in [7, 11) is -0.0166. The van der Waals surface area contributed by atoms with E-state index < -0.39 is 10.0 Å². The molecule has 0 saturated heterocycles. The van der Waals surface area contributed by atoms with E-state index in [9.17, 15) is 8.42 Å². The fourth-order valence-corrected chi connectivity index (χ4v) is 4.15. The van der Waals surface area contributed by atoms with Crippen molar-refractivity contribution in [2.75, 3.05) is 19.4 Å². The molecule has 0 spiro atoms. The summed E-state index contributed by atoms with van der Waals surface area (Å²) in [6.07, 6.45) is 5.39. The van der Waals surface area contributed by atoms with E-state index in [1.54, 1.807) is 26.2 Å². The minimum absolute atomic E-state index is 0.0898. The van der Waals surface area contributed by atoms with Crippen molar-refractivity contribution in [3.05, 3.63) is 18.3 Å². The molecule has 1 saturated carbocycles. The molecule has 6 heteroatoms. The highest BCUT2D eigenvalue weighted by Crippen LogP contribution is 2.37. The van der Waals surface area contributed by atoms with Crippen molar-refractivity contribution in [1.29, 1.82) is 0 Å². The minimum atomic E-state index is -3.46. The molecular weight excluding hydrogens is 286 g/mol. The number of pyridine rings is 1. The average molecular weight is 311 g/mol. The minimum Gasteiger partial charge on any atom is -0.373 e. The molecule has 1 heterocycles. The van der Waals surface area contributed by atoms with Crippen molar-refractivity contribution < 1.29 is 8.42 Å². The van der Waals surface area contributed by atoms with Gasteiger partial charge in [-0.15, -0.1) is 0 Å². The summed E-state index contributed by atoms with van der Waals surface area (Å²) in [5.41, 5.74) is 0.330. The van der Waals surface area contributed by atoms with Gasteiger partial charge in [-0.25, -0.2) is 13.4 Å². The van der Waals surface area contributed by atoms with E-state index >= 15 is 0 Å². The summed E-state index contributed by atoms with van der Waals surface area (Å²) in [6, 6.07) is 3.38. The Balaban J connectivity index is 2.15. The fourth-order valence-electron chi connectivity index (χ4n) is 2.79. The third-order valence-electron chi connectivity index (χ3n) is 4.49. The SMILES string of the molecule is CNc1ccc(S(=O)(=O)N(C)C2CCC(C)(C)CC2)cn1. The van der Waals surface area contributed by atoms with E-state index in [-0.39, 0.29) is 10.9 Å². The van der Waals surface area contributed by atoms with Crippen LogP contribution in [0.3, 0.4) is 0 Å². The van der Waals surface area contributed by atoms with Crippen LogP contribution in [-0.4, -0.2) is 37.8 Å². The fraction of sp³-hybridized carbons (Fsp3) is 0.667. The number of anilines is 1. The van der Waals surface area contributed by atoms with Crippen LogP contribution in [0.25, 0.3) is 0 Å². The van der Waals surface area contributed by atoms with Gasteiger partial charge in [-0.2, -0.15) is 4.31 Å². The number of nitrogens with one attached hydrogen (secondary N) is 1. The van der Waals surface area contributed by atoms with Crippen LogP contribution in [-0.2, 0) is 10.0 Å². The van der Waals surface area contributed by atoms with Crippen molar-refractivity contribution in [2.45, 2.75) is 50.5 Å². The predicted octanol–water partition coefficient (Wildman–Crippen LogP) is 2.71. The molecule has 1 aliphatic rings. The van der Waals surface area contributed by atoms with E-state index in [0.29, 0.717) is 11.2 Å². The summed E-state index contributed by atoms with van der Waals surface area (Å²) >= 11 is 0. The van der Waals surface area contributed by atoms with Crippen molar-refractivity contribution in [2.24, 2.45) is 5.41 Å². The van der Waals surface area contributed by atoms with Gasteiger partial charge in [-0.3, -0.25) is 0 Å². The molecule has 0 aliphatic heterocycles. The lowest BCUT2D eigenvalue weighted by Crippen LogP contribution is -2.40. The molecule has 0 amide bonds. The Kier molecular flexibility index (Phi) is 4.58. The quantitative estimate of drug-likeness (QED) is 0.928. The van der Waals surface area contributed by atoms with Crippen molar-refractivity contribution in [1.82, 2.24) is 9.29 Å². The average Bonchev–Trinajstić information content (AvgIpc) is 2.46. The molecule has 0 bridgehead atoms. The zero-order valence-electron chi connectivity index (χ0n) is 13.3. The first-order valence-electron chi connectivity index (χ1n) is 7.38. The second-order valence-corrected chi connectivity index (χ2v) is 8.54. The molecule has 1 aliphatic carbocycles. The molecule has 2 rings (SSSR count). The summed E-state index contributed by atoms with van der Waals surface area (Å²) in [5.74, 6) is 0.663. The van der Waals surface area contributed by atoms with Crippen LogP contribution >= 0.6 is 0 Å². The lowest BCUT2D eigenvalue weighted by molar-refractivity contribution is 0.174. The molecule has 1 N–H and O–H groups in total. The van der Waals surface area contributed by atoms with Gasteiger partial charge in [-0.05, 0) is 43.2 Å². The van der Waals surface area contributed by atoms with Gasteiger partial charge in [0.25, 0.3) is 0 Å². The van der Waals surface area contributed by atoms with Crippen LogP contribution < -0.4 is 5.32 Å². The zero-order valence-corrected chi connectivity index (χ0v) is 14.1. The Morgan fingerprint density at radius 3 is 2.38 bits per heavy atom. The van der Waals surface area contributed by atoms with Crippen molar-refractivity contribution >= 4 is 15.8 Å². The van der Waals surface area contributed by atoms with Crippen LogP contribution in [0.15, 0.2) is 23.2 Å². The van der Waals surface area contributed by atoms with Crippen molar-refractivity contribution in [3.63, 3.8) is 0 Å². The molecule has 1 aromatic rings. The highest BCUT2D eigenvalue weighted by Gasteiger charge is 2.34. The van der Waals surface area contributed by atoms with Crippen LogP contribution in [0.2, 0.25) is 0 Å². The Labute approximate surface area is 127 Å². The van der Waals surface area contributed by atoms with Crippen LogP contribution in [0.4, 0.5) is 5.82 Å². The summed E-state index contributed by atoms with van der Waals surface area (Å²) in [6.45, 7) is 4.50. The maximum absolute atomic E-state index is 12.7. The number of nitrogens with zero attached hydrogens (tertiary/aromatic N) is 2. The summed E-state index contributed by atoms with van der Waals surface area (Å²) < 4.78 is 26.8. The number of aromatic nitrogens is 1. The summed E-state index contributed by atoms with van der Waals surface area (Å²) in [5, 5.41) is 2.89. The Morgan fingerprint density at radius 1 is 1.29 bits per heavy atom. The topological polar surface area (TPSA) is 62.3 Å². The molecule has 0 atom stereocenters. The van der Waals surface area contributed by atoms with Gasteiger partial charge in [0.05, 0.1) is 0 Å². The van der Waals surface area contributed by atoms with Crippen LogP contribution in [0.1, 0.15) is 39.5 Å². The number of rotatable bonds is 4. The monoisotopic (exact) mass is 311 g/mol. The third-order valence-corrected chi connectivity index (χ3v) is 6.39. The second kappa shape index (κ2) is 5.93. The molecule has 1 fully saturated rings. The largest absolute Gasteiger partial charge is 0.373 e. The molecule has 21 heavy (non-hydrogen) atoms. The molecule has 1 aromatic heterocycles. The smallest absolute Gasteiger partial charge is 0.244 e. The third kappa shape index (κ3) is 3.55. The molecule has 118 valence electrons. The Morgan fingerprint density at radius 2 is 1.90 bits per heavy atom. The molecule has 0 aromatic carbocycles. The molecule has 0 unspecified atom stereocenters. The van der Waals surface area contributed by atoms with Gasteiger partial charge in [0.15, 0.2) is 0 Å². The van der Waals surface area contributed by atoms with Crippen molar-refractivity contribution in [3.8, 4) is 0 Å². The molecule has 0 radical (unpaired) electrons. The van der Waals surface area contributed by atoms with Crippen LogP contribution in [0.5, 0.6) is 0 Å². The highest BCUT2D eigenvalue weighted by molar-refractivity contribution is 7.89. The Bertz CT molecular complexity index is 571. The Hall–Kier alpha value is -1.14. The summed E-state index contributed by atoms with van der Waals surface area (Å²) in [4.78, 5) is 4.36. The van der Waals surface area contributed by atoms with Gasteiger partial charge in [0.1, 0.15) is 10.7 Å². The van der Waals surface area contributed by atoms with Gasteiger partial charge in [-0.1, -0.05) is 13.8 Å². The van der Waals surface area contributed by atoms with E-state index in [1.165, 1.54) is 10.5 Å². The van der Waals surface area contributed by atoms with Gasteiger partial charge in [0.2, 0.25) is 10.0 Å². The van der Waals surface area contributed by atoms with E-state index in [4.69, 9.17) is 0 Å². The normalized spacial score (nSPS) is 19.7. The highest BCUT2D eigenvalue weighted by atomic mass is 32.2. The van der Waals surface area contributed by atoms with Gasteiger partial charge < -0.3 is 5.32 Å². The molecule has 5 nitrogen and oxygen atoms in total. The van der Waals surface area contributed by atoms with Gasteiger partial charge >= 0.3 is 0 Å². The first-order valence-corrected chi connectivity index (χ1v) is 8.82. The first-order chi connectivity index (χ1) is 9.76. The maximum Gasteiger partial charge on any atom is 0.244 e. The van der Waals surface area contributed by atoms with Crippen LogP contribution in [0, 0.1) is 5.41 Å². The lowest BCUT2D eigenvalue weighted by atomic mass is 9.76. The number of sulfonamides is 1. The second-order valence-electron chi connectivity index (χ2n) is 6.55. The van der Waals surface area contributed by atoms with Gasteiger partial charge in [0, 0.05) is 26.3 Å². The van der Waals surface area contributed by atoms with E-state index in [1.807, 2.05) is 0 Å². The molecular formula is C15H25N3O2S.